The van der Waals surface area contributed by atoms with Gasteiger partial charge in [-0.15, -0.1) is 0 Å². The van der Waals surface area contributed by atoms with Gasteiger partial charge < -0.3 is 9.47 Å². The zero-order chi connectivity index (χ0) is 11.9. The number of aromatic nitrogens is 2. The zero-order valence-corrected chi connectivity index (χ0v) is 9.51. The minimum atomic E-state index is 0.292. The molecular weight excluding hydrogens is 228 g/mol. The summed E-state index contributed by atoms with van der Waals surface area (Å²) in [7, 11) is 0. The molecule has 2 aromatic carbocycles. The molecule has 0 atom stereocenters. The first-order chi connectivity index (χ1) is 8.92. The number of ether oxygens (including phenoxy) is 2. The molecule has 0 aliphatic carbocycles. The molecule has 1 aliphatic heterocycles. The highest BCUT2D eigenvalue weighted by atomic mass is 16.7. The Morgan fingerprint density at radius 2 is 1.89 bits per heavy atom. The van der Waals surface area contributed by atoms with Crippen LogP contribution < -0.4 is 9.47 Å². The second-order valence-electron chi connectivity index (χ2n) is 4.19. The van der Waals surface area contributed by atoms with E-state index in [2.05, 4.69) is 16.3 Å². The van der Waals surface area contributed by atoms with Crippen LogP contribution in [-0.2, 0) is 0 Å². The molecule has 0 radical (unpaired) electrons. The lowest BCUT2D eigenvalue weighted by Gasteiger charge is -2.00. The smallest absolute Gasteiger partial charge is 0.231 e. The second kappa shape index (κ2) is 3.50. The van der Waals surface area contributed by atoms with Crippen molar-refractivity contribution in [2.45, 2.75) is 0 Å². The van der Waals surface area contributed by atoms with Crippen LogP contribution in [0.2, 0.25) is 0 Å². The van der Waals surface area contributed by atoms with Crippen LogP contribution in [0.4, 0.5) is 0 Å². The Bertz CT molecular complexity index is 733. The van der Waals surface area contributed by atoms with E-state index in [9.17, 15) is 0 Å². The van der Waals surface area contributed by atoms with Gasteiger partial charge in [-0.05, 0) is 24.3 Å². The third-order valence-corrected chi connectivity index (χ3v) is 3.12. The molecule has 1 N–H and O–H groups in total. The molecule has 1 aromatic heterocycles. The molecular formula is C14H10N2O2. The summed E-state index contributed by atoms with van der Waals surface area (Å²) in [6.45, 7) is 0.292. The molecule has 0 spiro atoms. The Kier molecular flexibility index (Phi) is 1.85. The maximum Gasteiger partial charge on any atom is 0.231 e. The molecule has 4 rings (SSSR count). The van der Waals surface area contributed by atoms with Crippen molar-refractivity contribution in [2.24, 2.45) is 0 Å². The highest BCUT2D eigenvalue weighted by Crippen LogP contribution is 2.36. The number of aromatic amines is 1. The summed E-state index contributed by atoms with van der Waals surface area (Å²) >= 11 is 0. The fourth-order valence-electron chi connectivity index (χ4n) is 2.23. The van der Waals surface area contributed by atoms with E-state index >= 15 is 0 Å². The number of nitrogens with zero attached hydrogens (tertiary/aromatic N) is 1. The van der Waals surface area contributed by atoms with Crippen molar-refractivity contribution >= 4 is 10.9 Å². The van der Waals surface area contributed by atoms with E-state index in [0.717, 1.165) is 33.7 Å². The molecule has 0 saturated heterocycles. The van der Waals surface area contributed by atoms with Crippen LogP contribution in [0.25, 0.3) is 22.2 Å². The lowest BCUT2D eigenvalue weighted by Crippen LogP contribution is -1.92. The maximum atomic E-state index is 5.39. The van der Waals surface area contributed by atoms with Crippen molar-refractivity contribution < 1.29 is 9.47 Å². The van der Waals surface area contributed by atoms with Gasteiger partial charge in [0.1, 0.15) is 5.69 Å². The van der Waals surface area contributed by atoms with Gasteiger partial charge in [-0.3, -0.25) is 5.10 Å². The molecule has 1 aliphatic rings. The molecule has 2 heterocycles. The summed E-state index contributed by atoms with van der Waals surface area (Å²) in [5, 5.41) is 8.51. The van der Waals surface area contributed by atoms with Crippen LogP contribution in [0.5, 0.6) is 11.5 Å². The molecule has 3 aromatic rings. The number of nitrogens with one attached hydrogen (secondary N) is 1. The van der Waals surface area contributed by atoms with E-state index < -0.39 is 0 Å². The summed E-state index contributed by atoms with van der Waals surface area (Å²) in [4.78, 5) is 0. The molecule has 0 unspecified atom stereocenters. The second-order valence-corrected chi connectivity index (χ2v) is 4.19. The van der Waals surface area contributed by atoms with Crippen molar-refractivity contribution in [1.29, 1.82) is 0 Å². The average Bonchev–Trinajstić information content (AvgIpc) is 3.04. The van der Waals surface area contributed by atoms with Crippen molar-refractivity contribution in [3.05, 3.63) is 42.5 Å². The lowest BCUT2D eigenvalue weighted by molar-refractivity contribution is 0.174. The van der Waals surface area contributed by atoms with E-state index in [1.54, 1.807) is 0 Å². The van der Waals surface area contributed by atoms with Crippen molar-refractivity contribution in [3.63, 3.8) is 0 Å². The normalized spacial score (nSPS) is 13.1. The van der Waals surface area contributed by atoms with Crippen LogP contribution in [0, 0.1) is 0 Å². The standard InChI is InChI=1S/C14H10N2O2/c1-2-4-11-10(3-1)14(16-15-11)9-5-6-12-13(7-9)18-8-17-12/h1-7H,8H2,(H,15,16). The van der Waals surface area contributed by atoms with Crippen LogP contribution >= 0.6 is 0 Å². The van der Waals surface area contributed by atoms with E-state index in [-0.39, 0.29) is 0 Å². The molecule has 4 nitrogen and oxygen atoms in total. The molecule has 0 bridgehead atoms. The first-order valence-corrected chi connectivity index (χ1v) is 5.75. The number of H-pyrrole nitrogens is 1. The molecule has 0 fully saturated rings. The molecule has 88 valence electrons. The molecule has 4 heteroatoms. The topological polar surface area (TPSA) is 47.1 Å². The third-order valence-electron chi connectivity index (χ3n) is 3.12. The average molecular weight is 238 g/mol. The van der Waals surface area contributed by atoms with Gasteiger partial charge in [0, 0.05) is 10.9 Å². The minimum absolute atomic E-state index is 0.292. The summed E-state index contributed by atoms with van der Waals surface area (Å²) in [6, 6.07) is 13.9. The third kappa shape index (κ3) is 1.29. The Balaban J connectivity index is 1.92. The Morgan fingerprint density at radius 1 is 1.00 bits per heavy atom. The number of para-hydroxylation sites is 1. The van der Waals surface area contributed by atoms with Crippen LogP contribution in [0.15, 0.2) is 42.5 Å². The number of rotatable bonds is 1. The number of hydrogen-bond acceptors (Lipinski definition) is 3. The van der Waals surface area contributed by atoms with E-state index in [1.807, 2.05) is 36.4 Å². The zero-order valence-electron chi connectivity index (χ0n) is 9.51. The van der Waals surface area contributed by atoms with Gasteiger partial charge in [0.05, 0.1) is 5.52 Å². The monoisotopic (exact) mass is 238 g/mol. The summed E-state index contributed by atoms with van der Waals surface area (Å²) < 4.78 is 10.7. The van der Waals surface area contributed by atoms with Crippen molar-refractivity contribution in [2.75, 3.05) is 6.79 Å². The molecule has 0 amide bonds. The Morgan fingerprint density at radius 3 is 2.89 bits per heavy atom. The van der Waals surface area contributed by atoms with Gasteiger partial charge in [0.2, 0.25) is 6.79 Å². The molecule has 0 saturated carbocycles. The predicted molar refractivity (Wildman–Crippen MR) is 67.7 cm³/mol. The first-order valence-electron chi connectivity index (χ1n) is 5.75. The largest absolute Gasteiger partial charge is 0.454 e. The van der Waals surface area contributed by atoms with Crippen LogP contribution in [0.1, 0.15) is 0 Å². The van der Waals surface area contributed by atoms with Gasteiger partial charge in [-0.2, -0.15) is 5.10 Å². The highest BCUT2D eigenvalue weighted by Gasteiger charge is 2.15. The maximum absolute atomic E-state index is 5.39. The number of fused-ring (bicyclic) bond motifs is 2. The lowest BCUT2D eigenvalue weighted by atomic mass is 10.1. The van der Waals surface area contributed by atoms with Crippen LogP contribution in [-0.4, -0.2) is 17.0 Å². The van der Waals surface area contributed by atoms with E-state index in [4.69, 9.17) is 9.47 Å². The molecule has 18 heavy (non-hydrogen) atoms. The predicted octanol–water partition coefficient (Wildman–Crippen LogP) is 2.96. The van der Waals surface area contributed by atoms with E-state index in [1.165, 1.54) is 0 Å². The summed E-state index contributed by atoms with van der Waals surface area (Å²) in [5.74, 6) is 1.57. The van der Waals surface area contributed by atoms with Gasteiger partial charge in [-0.1, -0.05) is 18.2 Å². The summed E-state index contributed by atoms with van der Waals surface area (Å²) in [5.41, 5.74) is 2.99. The van der Waals surface area contributed by atoms with Gasteiger partial charge in [-0.25, -0.2) is 0 Å². The fourth-order valence-corrected chi connectivity index (χ4v) is 2.23. The Labute approximate surface area is 103 Å². The Hall–Kier alpha value is -2.49. The minimum Gasteiger partial charge on any atom is -0.454 e. The number of benzene rings is 2. The SMILES string of the molecule is c1ccc2c(-c3ccc4c(c3)OCO4)n[nH]c2c1. The van der Waals surface area contributed by atoms with E-state index in [0.29, 0.717) is 6.79 Å². The number of hydrogen-bond donors (Lipinski definition) is 1. The van der Waals surface area contributed by atoms with Crippen LogP contribution in [0.3, 0.4) is 0 Å². The van der Waals surface area contributed by atoms with Gasteiger partial charge in [0.25, 0.3) is 0 Å². The van der Waals surface area contributed by atoms with Crippen molar-refractivity contribution in [1.82, 2.24) is 10.2 Å². The van der Waals surface area contributed by atoms with Gasteiger partial charge in [0.15, 0.2) is 11.5 Å². The quantitative estimate of drug-likeness (QED) is 0.709. The summed E-state index contributed by atoms with van der Waals surface area (Å²) in [6.07, 6.45) is 0. The van der Waals surface area contributed by atoms with Crippen molar-refractivity contribution in [3.8, 4) is 22.8 Å². The highest BCUT2D eigenvalue weighted by molar-refractivity contribution is 5.93. The first kappa shape index (κ1) is 9.53. The fraction of sp³-hybridized carbons (Fsp3) is 0.0714. The van der Waals surface area contributed by atoms with Gasteiger partial charge >= 0.3 is 0 Å².